The molecular weight excluding hydrogens is 250 g/mol. The minimum absolute atomic E-state index is 0.332. The second-order valence-corrected chi connectivity index (χ2v) is 4.56. The first kappa shape index (κ1) is 12.4. The average Bonchev–Trinajstić information content (AvgIpc) is 2.84. The van der Waals surface area contributed by atoms with Crippen LogP contribution < -0.4 is 0 Å². The predicted molar refractivity (Wildman–Crippen MR) is 78.2 cm³/mol. The number of cyclic esters (lactones) is 1. The zero-order chi connectivity index (χ0) is 13.9. The number of aliphatic imine (C=N–C) groups is 1. The van der Waals surface area contributed by atoms with E-state index < -0.39 is 5.97 Å². The molecule has 0 saturated heterocycles. The summed E-state index contributed by atoms with van der Waals surface area (Å²) in [6, 6.07) is 17.2. The molecule has 0 aliphatic carbocycles. The third-order valence-corrected chi connectivity index (χ3v) is 3.12. The molecule has 98 valence electrons. The lowest BCUT2D eigenvalue weighted by Gasteiger charge is -1.98. The molecule has 1 aliphatic rings. The normalized spacial score (nSPS) is 16.1. The zero-order valence-electron chi connectivity index (χ0n) is 11.0. The van der Waals surface area contributed by atoms with Gasteiger partial charge in [-0.3, -0.25) is 0 Å². The average molecular weight is 263 g/mol. The molecule has 2 aromatic rings. The lowest BCUT2D eigenvalue weighted by Crippen LogP contribution is -2.04. The molecule has 1 heterocycles. The Kier molecular flexibility index (Phi) is 3.17. The number of nitrogens with zero attached hydrogens (tertiary/aromatic N) is 1. The number of esters is 1. The number of hydrogen-bond acceptors (Lipinski definition) is 3. The summed E-state index contributed by atoms with van der Waals surface area (Å²) in [5.41, 5.74) is 3.20. The minimum Gasteiger partial charge on any atom is -0.402 e. The molecule has 0 N–H and O–H groups in total. The topological polar surface area (TPSA) is 38.7 Å². The van der Waals surface area contributed by atoms with Gasteiger partial charge in [-0.15, -0.1) is 0 Å². The Labute approximate surface area is 117 Å². The van der Waals surface area contributed by atoms with Crippen LogP contribution in [0.15, 0.2) is 65.3 Å². The van der Waals surface area contributed by atoms with Gasteiger partial charge >= 0.3 is 5.97 Å². The highest BCUT2D eigenvalue weighted by Crippen LogP contribution is 2.20. The number of carbonyl (C=O) groups is 1. The van der Waals surface area contributed by atoms with Gasteiger partial charge in [-0.05, 0) is 36.3 Å². The Morgan fingerprint density at radius 3 is 2.45 bits per heavy atom. The zero-order valence-corrected chi connectivity index (χ0v) is 11.0. The summed E-state index contributed by atoms with van der Waals surface area (Å²) < 4.78 is 5.21. The van der Waals surface area contributed by atoms with Crippen molar-refractivity contribution in [1.82, 2.24) is 0 Å². The first-order valence-electron chi connectivity index (χ1n) is 6.37. The molecule has 3 rings (SSSR count). The summed E-state index contributed by atoms with van der Waals surface area (Å²) in [6.07, 6.45) is 1.76. The molecule has 0 fully saturated rings. The molecular formula is C17H13NO2. The van der Waals surface area contributed by atoms with Crippen LogP contribution in [0.2, 0.25) is 0 Å². The molecule has 20 heavy (non-hydrogen) atoms. The molecule has 0 saturated carbocycles. The molecule has 0 unspecified atom stereocenters. The van der Waals surface area contributed by atoms with E-state index in [1.807, 2.05) is 61.5 Å². The predicted octanol–water partition coefficient (Wildman–Crippen LogP) is 3.34. The molecule has 0 aromatic heterocycles. The smallest absolute Gasteiger partial charge is 0.363 e. The van der Waals surface area contributed by atoms with Gasteiger partial charge in [0.15, 0.2) is 5.70 Å². The standard InChI is InChI=1S/C17H13NO2/c1-12-7-5-6-10-14(12)11-15-17(19)20-16(18-15)13-8-3-2-4-9-13/h2-11H,1H3/b15-11+. The Bertz CT molecular complexity index is 715. The summed E-state index contributed by atoms with van der Waals surface area (Å²) in [7, 11) is 0. The minimum atomic E-state index is -0.410. The highest BCUT2D eigenvalue weighted by Gasteiger charge is 2.23. The maximum Gasteiger partial charge on any atom is 0.363 e. The third-order valence-electron chi connectivity index (χ3n) is 3.12. The van der Waals surface area contributed by atoms with Crippen LogP contribution in [0.25, 0.3) is 6.08 Å². The maximum atomic E-state index is 11.9. The summed E-state index contributed by atoms with van der Waals surface area (Å²) >= 11 is 0. The molecule has 0 radical (unpaired) electrons. The molecule has 0 spiro atoms. The van der Waals surface area contributed by atoms with Crippen molar-refractivity contribution in [1.29, 1.82) is 0 Å². The second-order valence-electron chi connectivity index (χ2n) is 4.56. The number of rotatable bonds is 2. The van der Waals surface area contributed by atoms with Crippen molar-refractivity contribution in [3.05, 3.63) is 77.0 Å². The molecule has 3 nitrogen and oxygen atoms in total. The second kappa shape index (κ2) is 5.13. The Balaban J connectivity index is 1.97. The molecule has 0 bridgehead atoms. The van der Waals surface area contributed by atoms with Crippen molar-refractivity contribution in [2.24, 2.45) is 4.99 Å². The SMILES string of the molecule is Cc1ccccc1/C=C1/N=C(c2ccccc2)OC1=O. The van der Waals surface area contributed by atoms with E-state index in [9.17, 15) is 4.79 Å². The molecule has 1 aliphatic heterocycles. The van der Waals surface area contributed by atoms with E-state index in [1.54, 1.807) is 6.08 Å². The Morgan fingerprint density at radius 1 is 1.00 bits per heavy atom. The Morgan fingerprint density at radius 2 is 1.70 bits per heavy atom. The fourth-order valence-corrected chi connectivity index (χ4v) is 2.01. The molecule has 2 aromatic carbocycles. The summed E-state index contributed by atoms with van der Waals surface area (Å²) in [5.74, 6) is -0.0532. The van der Waals surface area contributed by atoms with Crippen molar-refractivity contribution in [3.8, 4) is 0 Å². The highest BCUT2D eigenvalue weighted by molar-refractivity contribution is 6.12. The van der Waals surface area contributed by atoms with Crippen molar-refractivity contribution >= 4 is 17.9 Å². The van der Waals surface area contributed by atoms with Crippen LogP contribution in [0.3, 0.4) is 0 Å². The van der Waals surface area contributed by atoms with Gasteiger partial charge in [0.2, 0.25) is 5.90 Å². The van der Waals surface area contributed by atoms with Crippen LogP contribution in [0.1, 0.15) is 16.7 Å². The monoisotopic (exact) mass is 263 g/mol. The van der Waals surface area contributed by atoms with Gasteiger partial charge in [0, 0.05) is 5.56 Å². The van der Waals surface area contributed by atoms with Gasteiger partial charge in [0.25, 0.3) is 0 Å². The quantitative estimate of drug-likeness (QED) is 0.615. The Hall–Kier alpha value is -2.68. The van der Waals surface area contributed by atoms with E-state index in [1.165, 1.54) is 0 Å². The first-order chi connectivity index (χ1) is 9.74. The third kappa shape index (κ3) is 2.38. The van der Waals surface area contributed by atoms with Crippen LogP contribution in [-0.2, 0) is 9.53 Å². The van der Waals surface area contributed by atoms with E-state index >= 15 is 0 Å². The van der Waals surface area contributed by atoms with E-state index in [0.29, 0.717) is 11.6 Å². The molecule has 3 heteroatoms. The number of hydrogen-bond donors (Lipinski definition) is 0. The van der Waals surface area contributed by atoms with Gasteiger partial charge < -0.3 is 4.74 Å². The number of ether oxygens (including phenoxy) is 1. The van der Waals surface area contributed by atoms with Crippen LogP contribution >= 0.6 is 0 Å². The van der Waals surface area contributed by atoms with E-state index in [-0.39, 0.29) is 0 Å². The number of benzene rings is 2. The van der Waals surface area contributed by atoms with Gasteiger partial charge in [0.05, 0.1) is 0 Å². The number of aryl methyl sites for hydroxylation is 1. The largest absolute Gasteiger partial charge is 0.402 e. The lowest BCUT2D eigenvalue weighted by atomic mass is 10.1. The lowest BCUT2D eigenvalue weighted by molar-refractivity contribution is -0.129. The van der Waals surface area contributed by atoms with Gasteiger partial charge in [-0.25, -0.2) is 9.79 Å². The first-order valence-corrected chi connectivity index (χ1v) is 6.37. The number of carbonyl (C=O) groups excluding carboxylic acids is 1. The van der Waals surface area contributed by atoms with Crippen LogP contribution in [-0.4, -0.2) is 11.9 Å². The van der Waals surface area contributed by atoms with E-state index in [0.717, 1.165) is 16.7 Å². The van der Waals surface area contributed by atoms with Crippen LogP contribution in [0, 0.1) is 6.92 Å². The van der Waals surface area contributed by atoms with Crippen molar-refractivity contribution in [2.75, 3.05) is 0 Å². The fraction of sp³-hybridized carbons (Fsp3) is 0.0588. The summed E-state index contributed by atoms with van der Waals surface area (Å²) in [5, 5.41) is 0. The highest BCUT2D eigenvalue weighted by atomic mass is 16.6. The van der Waals surface area contributed by atoms with Crippen molar-refractivity contribution < 1.29 is 9.53 Å². The molecule has 0 atom stereocenters. The molecule has 0 amide bonds. The van der Waals surface area contributed by atoms with Crippen molar-refractivity contribution in [3.63, 3.8) is 0 Å². The van der Waals surface area contributed by atoms with Gasteiger partial charge in [-0.1, -0.05) is 42.5 Å². The van der Waals surface area contributed by atoms with Gasteiger partial charge in [0.1, 0.15) is 0 Å². The van der Waals surface area contributed by atoms with Crippen LogP contribution in [0.5, 0.6) is 0 Å². The van der Waals surface area contributed by atoms with Crippen molar-refractivity contribution in [2.45, 2.75) is 6.92 Å². The summed E-state index contributed by atoms with van der Waals surface area (Å²) in [4.78, 5) is 16.2. The fourth-order valence-electron chi connectivity index (χ4n) is 2.01. The van der Waals surface area contributed by atoms with Crippen LogP contribution in [0.4, 0.5) is 0 Å². The summed E-state index contributed by atoms with van der Waals surface area (Å²) in [6.45, 7) is 1.99. The van der Waals surface area contributed by atoms with Gasteiger partial charge in [-0.2, -0.15) is 0 Å². The van der Waals surface area contributed by atoms with E-state index in [4.69, 9.17) is 4.74 Å². The maximum absolute atomic E-state index is 11.9. The van der Waals surface area contributed by atoms with E-state index in [2.05, 4.69) is 4.99 Å².